The van der Waals surface area contributed by atoms with E-state index in [9.17, 15) is 9.90 Å². The van der Waals surface area contributed by atoms with Crippen LogP contribution in [-0.2, 0) is 6.54 Å². The van der Waals surface area contributed by atoms with Crippen molar-refractivity contribution in [2.24, 2.45) is 0 Å². The summed E-state index contributed by atoms with van der Waals surface area (Å²) < 4.78 is 1.02. The van der Waals surface area contributed by atoms with E-state index >= 15 is 0 Å². The van der Waals surface area contributed by atoms with Gasteiger partial charge in [0.15, 0.2) is 0 Å². The zero-order valence-electron chi connectivity index (χ0n) is 10.1. The first-order valence-electron chi connectivity index (χ1n) is 5.45. The van der Waals surface area contributed by atoms with Gasteiger partial charge in [-0.25, -0.2) is 0 Å². The highest BCUT2D eigenvalue weighted by molar-refractivity contribution is 9.11. The maximum atomic E-state index is 12.2. The van der Waals surface area contributed by atoms with Crippen LogP contribution in [0.15, 0.2) is 34.1 Å². The Balaban J connectivity index is 2.16. The molecule has 0 fully saturated rings. The third-order valence-electron chi connectivity index (χ3n) is 2.56. The maximum absolute atomic E-state index is 12.2. The molecule has 0 radical (unpaired) electrons. The maximum Gasteiger partial charge on any atom is 0.257 e. The Kier molecular flexibility index (Phi) is 4.50. The van der Waals surface area contributed by atoms with Gasteiger partial charge in [-0.15, -0.1) is 11.3 Å². The van der Waals surface area contributed by atoms with Crippen LogP contribution in [0.4, 0.5) is 0 Å². The molecule has 0 spiro atoms. The van der Waals surface area contributed by atoms with Crippen molar-refractivity contribution in [2.45, 2.75) is 6.54 Å². The highest BCUT2D eigenvalue weighted by Crippen LogP contribution is 2.26. The van der Waals surface area contributed by atoms with Gasteiger partial charge in [0.05, 0.1) is 15.9 Å². The molecule has 6 heteroatoms. The van der Waals surface area contributed by atoms with Crippen LogP contribution in [-0.4, -0.2) is 23.0 Å². The van der Waals surface area contributed by atoms with Gasteiger partial charge in [0.25, 0.3) is 5.91 Å². The quantitative estimate of drug-likeness (QED) is 0.893. The zero-order valence-corrected chi connectivity index (χ0v) is 13.2. The number of amides is 1. The molecule has 19 heavy (non-hydrogen) atoms. The van der Waals surface area contributed by atoms with Gasteiger partial charge < -0.3 is 10.0 Å². The normalized spacial score (nSPS) is 10.5. The van der Waals surface area contributed by atoms with Crippen LogP contribution in [0.2, 0.25) is 5.02 Å². The fourth-order valence-corrected chi connectivity index (χ4v) is 3.34. The number of hydrogen-bond donors (Lipinski definition) is 1. The monoisotopic (exact) mass is 359 g/mol. The molecule has 1 aromatic carbocycles. The number of benzene rings is 1. The molecule has 0 atom stereocenters. The molecule has 2 aromatic rings. The van der Waals surface area contributed by atoms with Crippen LogP contribution < -0.4 is 0 Å². The van der Waals surface area contributed by atoms with E-state index in [1.165, 1.54) is 12.1 Å². The lowest BCUT2D eigenvalue weighted by Gasteiger charge is -2.17. The highest BCUT2D eigenvalue weighted by atomic mass is 79.9. The lowest BCUT2D eigenvalue weighted by atomic mass is 10.2. The fraction of sp³-hybridized carbons (Fsp3) is 0.154. The van der Waals surface area contributed by atoms with Crippen LogP contribution in [0.1, 0.15) is 15.2 Å². The number of carbonyl (C=O) groups is 1. The van der Waals surface area contributed by atoms with Gasteiger partial charge in [-0.3, -0.25) is 4.79 Å². The van der Waals surface area contributed by atoms with Crippen molar-refractivity contribution in [3.8, 4) is 5.75 Å². The summed E-state index contributed by atoms with van der Waals surface area (Å²) in [6.45, 7) is 0.487. The number of nitrogens with zero attached hydrogens (tertiary/aromatic N) is 1. The average Bonchev–Trinajstić information content (AvgIpc) is 2.77. The first-order valence-corrected chi connectivity index (χ1v) is 7.44. The predicted octanol–water partition coefficient (Wildman–Crippen LogP) is 4.14. The molecule has 0 aliphatic heterocycles. The van der Waals surface area contributed by atoms with Crippen LogP contribution >= 0.6 is 38.9 Å². The molecule has 3 nitrogen and oxygen atoms in total. The summed E-state index contributed by atoms with van der Waals surface area (Å²) in [5, 5.41) is 10.1. The van der Waals surface area contributed by atoms with Crippen LogP contribution in [0.3, 0.4) is 0 Å². The molecule has 2 rings (SSSR count). The number of rotatable bonds is 3. The van der Waals surface area contributed by atoms with Gasteiger partial charge >= 0.3 is 0 Å². The molecule has 1 heterocycles. The van der Waals surface area contributed by atoms with E-state index in [1.807, 2.05) is 12.1 Å². The summed E-state index contributed by atoms with van der Waals surface area (Å²) in [4.78, 5) is 14.8. The topological polar surface area (TPSA) is 40.5 Å². The van der Waals surface area contributed by atoms with E-state index in [0.717, 1.165) is 8.66 Å². The van der Waals surface area contributed by atoms with Gasteiger partial charge in [0.2, 0.25) is 0 Å². The van der Waals surface area contributed by atoms with Crippen LogP contribution in [0, 0.1) is 0 Å². The summed E-state index contributed by atoms with van der Waals surface area (Å²) in [7, 11) is 1.69. The summed E-state index contributed by atoms with van der Waals surface area (Å²) >= 11 is 10.8. The van der Waals surface area contributed by atoms with Crippen molar-refractivity contribution in [1.82, 2.24) is 4.90 Å². The van der Waals surface area contributed by atoms with Gasteiger partial charge in [-0.1, -0.05) is 11.6 Å². The summed E-state index contributed by atoms with van der Waals surface area (Å²) in [6, 6.07) is 8.33. The summed E-state index contributed by atoms with van der Waals surface area (Å²) in [6.07, 6.45) is 0. The number of phenolic OH excluding ortho intramolecular Hbond substituents is 1. The van der Waals surface area contributed by atoms with Crippen LogP contribution in [0.25, 0.3) is 0 Å². The molecule has 0 bridgehead atoms. The van der Waals surface area contributed by atoms with E-state index in [-0.39, 0.29) is 17.2 Å². The van der Waals surface area contributed by atoms with Gasteiger partial charge in [0, 0.05) is 16.9 Å². The lowest BCUT2D eigenvalue weighted by molar-refractivity contribution is 0.0783. The fourth-order valence-electron chi connectivity index (χ4n) is 1.63. The van der Waals surface area contributed by atoms with E-state index < -0.39 is 0 Å². The Hall–Kier alpha value is -1.04. The lowest BCUT2D eigenvalue weighted by Crippen LogP contribution is -2.25. The highest BCUT2D eigenvalue weighted by Gasteiger charge is 2.17. The minimum absolute atomic E-state index is 0.0615. The van der Waals surface area contributed by atoms with Crippen LogP contribution in [0.5, 0.6) is 5.75 Å². The molecule has 0 aliphatic carbocycles. The Labute approximate surface area is 128 Å². The third kappa shape index (κ3) is 3.49. The number of hydrogen-bond acceptors (Lipinski definition) is 3. The van der Waals surface area contributed by atoms with Crippen molar-refractivity contribution < 1.29 is 9.90 Å². The molecule has 1 amide bonds. The first kappa shape index (κ1) is 14.4. The molecule has 0 aliphatic rings. The second-order valence-corrected chi connectivity index (χ2v) is 7.01. The number of aromatic hydroxyl groups is 1. The summed E-state index contributed by atoms with van der Waals surface area (Å²) in [5.74, 6) is -0.321. The minimum atomic E-state index is -0.260. The third-order valence-corrected chi connectivity index (χ3v) is 4.40. The second kappa shape index (κ2) is 5.94. The largest absolute Gasteiger partial charge is 0.507 e. The predicted molar refractivity (Wildman–Crippen MR) is 80.9 cm³/mol. The molecule has 0 unspecified atom stereocenters. The molecular formula is C13H11BrClNO2S. The second-order valence-electron chi connectivity index (χ2n) is 4.03. The Morgan fingerprint density at radius 3 is 2.79 bits per heavy atom. The first-order chi connectivity index (χ1) is 8.97. The number of halogens is 2. The molecule has 1 N–H and O–H groups in total. The Morgan fingerprint density at radius 1 is 1.42 bits per heavy atom. The SMILES string of the molecule is CN(Cc1ccc(Br)s1)C(=O)c1cc(Cl)ccc1O. The van der Waals surface area contributed by atoms with Crippen molar-refractivity contribution in [3.63, 3.8) is 0 Å². The number of thiophene rings is 1. The molecule has 0 saturated carbocycles. The van der Waals surface area contributed by atoms with E-state index in [1.54, 1.807) is 29.4 Å². The van der Waals surface area contributed by atoms with Crippen molar-refractivity contribution >= 4 is 44.8 Å². The Morgan fingerprint density at radius 2 is 2.16 bits per heavy atom. The zero-order chi connectivity index (χ0) is 14.0. The Bertz CT molecular complexity index is 614. The molecule has 1 aromatic heterocycles. The van der Waals surface area contributed by atoms with Gasteiger partial charge in [0.1, 0.15) is 5.75 Å². The average molecular weight is 361 g/mol. The molecular weight excluding hydrogens is 350 g/mol. The minimum Gasteiger partial charge on any atom is -0.507 e. The smallest absolute Gasteiger partial charge is 0.257 e. The van der Waals surface area contributed by atoms with Crippen molar-refractivity contribution in [1.29, 1.82) is 0 Å². The van der Waals surface area contributed by atoms with Crippen molar-refractivity contribution in [3.05, 3.63) is 49.6 Å². The number of carbonyl (C=O) groups excluding carboxylic acids is 1. The standard InChI is InChI=1S/C13H11BrClNO2S/c1-16(7-9-3-5-12(14)19-9)13(18)10-6-8(15)2-4-11(10)17/h2-6,17H,7H2,1H3. The van der Waals surface area contributed by atoms with E-state index in [2.05, 4.69) is 15.9 Å². The van der Waals surface area contributed by atoms with Crippen molar-refractivity contribution in [2.75, 3.05) is 7.05 Å². The van der Waals surface area contributed by atoms with E-state index in [4.69, 9.17) is 11.6 Å². The van der Waals surface area contributed by atoms with Gasteiger partial charge in [-0.05, 0) is 46.3 Å². The summed E-state index contributed by atoms with van der Waals surface area (Å²) in [5.41, 5.74) is 0.214. The van der Waals surface area contributed by atoms with Gasteiger partial charge in [-0.2, -0.15) is 0 Å². The molecule has 100 valence electrons. The molecule has 0 saturated heterocycles. The number of phenols is 1. The van der Waals surface area contributed by atoms with E-state index in [0.29, 0.717) is 11.6 Å².